The van der Waals surface area contributed by atoms with E-state index in [0.29, 0.717) is 21.7 Å². The van der Waals surface area contributed by atoms with E-state index in [9.17, 15) is 13.2 Å². The van der Waals surface area contributed by atoms with Crippen LogP contribution in [0.25, 0.3) is 0 Å². The molecule has 8 nitrogen and oxygen atoms in total. The number of aromatic amines is 1. The van der Waals surface area contributed by atoms with Gasteiger partial charge in [-0.1, -0.05) is 24.6 Å². The number of aryl methyl sites for hydroxylation is 1. The summed E-state index contributed by atoms with van der Waals surface area (Å²) < 4.78 is 54.8. The maximum atomic E-state index is 15.0. The number of benzene rings is 2. The first-order valence-corrected chi connectivity index (χ1v) is 12.1. The number of ether oxygens (including phenoxy) is 1. The van der Waals surface area contributed by atoms with Gasteiger partial charge >= 0.3 is 5.76 Å². The smallest absolute Gasteiger partial charge is 0.434 e. The number of hydrogen-bond acceptors (Lipinski definition) is 6. The third-order valence-corrected chi connectivity index (χ3v) is 8.44. The van der Waals surface area contributed by atoms with Gasteiger partial charge in [0.15, 0.2) is 0 Å². The molecule has 0 spiro atoms. The number of hydrogen-bond donors (Lipinski definition) is 1. The highest BCUT2D eigenvalue weighted by atomic mass is 35.5. The molecule has 1 aromatic heterocycles. The lowest BCUT2D eigenvalue weighted by atomic mass is 9.87. The third-order valence-electron chi connectivity index (χ3n) is 6.13. The van der Waals surface area contributed by atoms with Gasteiger partial charge in [-0.2, -0.15) is 4.31 Å². The molecular formula is C22H23ClFN3O5S. The van der Waals surface area contributed by atoms with Crippen LogP contribution in [0.3, 0.4) is 0 Å². The van der Waals surface area contributed by atoms with Crippen molar-refractivity contribution < 1.29 is 22.0 Å². The monoisotopic (exact) mass is 495 g/mol. The summed E-state index contributed by atoms with van der Waals surface area (Å²) in [6.45, 7) is 6.90. The SMILES string of the molecule is Cc1ccc(F)c([C@@H](C)[C@@H](c2n[nH]c(=O)o2)N2CCOc3c(ccc(Cl)c3C)S2(=O)=O)c1C. The maximum absolute atomic E-state index is 15.0. The third kappa shape index (κ3) is 3.96. The van der Waals surface area contributed by atoms with Gasteiger partial charge < -0.3 is 9.15 Å². The summed E-state index contributed by atoms with van der Waals surface area (Å²) in [4.78, 5) is 11.7. The Hall–Kier alpha value is -2.69. The lowest BCUT2D eigenvalue weighted by molar-refractivity contribution is 0.209. The second kappa shape index (κ2) is 8.58. The Balaban J connectivity index is 1.93. The van der Waals surface area contributed by atoms with Crippen molar-refractivity contribution in [2.45, 2.75) is 44.6 Å². The van der Waals surface area contributed by atoms with Crippen LogP contribution in [0.15, 0.2) is 38.4 Å². The highest BCUT2D eigenvalue weighted by Crippen LogP contribution is 2.43. The van der Waals surface area contributed by atoms with Gasteiger partial charge in [-0.25, -0.2) is 22.7 Å². The minimum Gasteiger partial charge on any atom is -0.490 e. The minimum absolute atomic E-state index is 0.0145. The first-order chi connectivity index (χ1) is 15.5. The van der Waals surface area contributed by atoms with Crippen molar-refractivity contribution in [3.05, 3.63) is 73.8 Å². The highest BCUT2D eigenvalue weighted by molar-refractivity contribution is 7.89. The zero-order valence-corrected chi connectivity index (χ0v) is 20.1. The molecule has 0 unspecified atom stereocenters. The van der Waals surface area contributed by atoms with Gasteiger partial charge in [-0.3, -0.25) is 0 Å². The fraction of sp³-hybridized carbons (Fsp3) is 0.364. The van der Waals surface area contributed by atoms with E-state index in [1.807, 2.05) is 6.92 Å². The standard InChI is InChI=1S/C22H23ClFN3O5S/c1-11-5-7-16(24)18(12(11)2)14(4)19(21-25-26-22(28)32-21)27-9-10-31-20-13(3)15(23)6-8-17(20)33(27,29)30/h5-8,14,19H,9-10H2,1-4H3,(H,26,28)/t14-,19+/m1/s1. The Labute approximate surface area is 195 Å². The average molecular weight is 496 g/mol. The summed E-state index contributed by atoms with van der Waals surface area (Å²) in [6, 6.07) is 4.74. The number of sulfonamides is 1. The molecule has 0 bridgehead atoms. The number of halogens is 2. The quantitative estimate of drug-likeness (QED) is 0.586. The fourth-order valence-electron chi connectivity index (χ4n) is 4.27. The molecule has 2 aromatic carbocycles. The summed E-state index contributed by atoms with van der Waals surface area (Å²) >= 11 is 6.18. The van der Waals surface area contributed by atoms with E-state index in [1.54, 1.807) is 26.8 Å². The Morgan fingerprint density at radius 1 is 1.18 bits per heavy atom. The zero-order valence-electron chi connectivity index (χ0n) is 18.5. The van der Waals surface area contributed by atoms with Gasteiger partial charge in [-0.15, -0.1) is 5.10 Å². The summed E-state index contributed by atoms with van der Waals surface area (Å²) in [7, 11) is -4.17. The first-order valence-electron chi connectivity index (χ1n) is 10.3. The maximum Gasteiger partial charge on any atom is 0.434 e. The molecule has 11 heteroatoms. The summed E-state index contributed by atoms with van der Waals surface area (Å²) in [5, 5.41) is 6.46. The van der Waals surface area contributed by atoms with Gasteiger partial charge in [0.1, 0.15) is 29.1 Å². The highest BCUT2D eigenvalue weighted by Gasteiger charge is 2.43. The number of nitrogens with one attached hydrogen (secondary N) is 1. The number of nitrogens with zero attached hydrogens (tertiary/aromatic N) is 2. The van der Waals surface area contributed by atoms with Crippen LogP contribution < -0.4 is 10.5 Å². The predicted molar refractivity (Wildman–Crippen MR) is 120 cm³/mol. The average Bonchev–Trinajstić information content (AvgIpc) is 3.13. The van der Waals surface area contributed by atoms with Crippen LogP contribution in [0.4, 0.5) is 4.39 Å². The van der Waals surface area contributed by atoms with E-state index in [4.69, 9.17) is 20.8 Å². The van der Waals surface area contributed by atoms with Crippen LogP contribution in [-0.2, 0) is 10.0 Å². The van der Waals surface area contributed by atoms with E-state index in [-0.39, 0.29) is 29.7 Å². The molecule has 0 fully saturated rings. The van der Waals surface area contributed by atoms with Crippen LogP contribution in [0, 0.1) is 26.6 Å². The lowest BCUT2D eigenvalue weighted by Crippen LogP contribution is -2.39. The molecule has 2 atom stereocenters. The molecule has 4 rings (SSSR count). The van der Waals surface area contributed by atoms with Crippen LogP contribution in [0.1, 0.15) is 47.0 Å². The van der Waals surface area contributed by atoms with Gasteiger partial charge in [0.25, 0.3) is 0 Å². The predicted octanol–water partition coefficient (Wildman–Crippen LogP) is 4.01. The van der Waals surface area contributed by atoms with Crippen LogP contribution in [-0.4, -0.2) is 36.1 Å². The Morgan fingerprint density at radius 2 is 1.91 bits per heavy atom. The van der Waals surface area contributed by atoms with Crippen molar-refractivity contribution in [1.29, 1.82) is 0 Å². The molecule has 0 aliphatic carbocycles. The van der Waals surface area contributed by atoms with E-state index < -0.39 is 33.6 Å². The van der Waals surface area contributed by atoms with E-state index >= 15 is 4.39 Å². The second-order valence-electron chi connectivity index (χ2n) is 8.05. The molecule has 0 saturated heterocycles. The number of rotatable bonds is 4. The fourth-order valence-corrected chi connectivity index (χ4v) is 6.25. The molecule has 1 aliphatic heterocycles. The summed E-state index contributed by atoms with van der Waals surface area (Å²) in [5.74, 6) is -2.07. The number of aromatic nitrogens is 2. The van der Waals surface area contributed by atoms with Gasteiger partial charge in [0.2, 0.25) is 15.9 Å². The Morgan fingerprint density at radius 3 is 2.58 bits per heavy atom. The van der Waals surface area contributed by atoms with Crippen LogP contribution >= 0.6 is 11.6 Å². The molecule has 1 aliphatic rings. The molecule has 0 amide bonds. The molecular weight excluding hydrogens is 473 g/mol. The van der Waals surface area contributed by atoms with E-state index in [2.05, 4.69) is 10.2 Å². The van der Waals surface area contributed by atoms with Crippen molar-refractivity contribution in [1.82, 2.24) is 14.5 Å². The van der Waals surface area contributed by atoms with Gasteiger partial charge in [-0.05, 0) is 55.7 Å². The lowest BCUT2D eigenvalue weighted by Gasteiger charge is -2.32. The minimum atomic E-state index is -4.17. The second-order valence-corrected chi connectivity index (χ2v) is 10.3. The Kier molecular flexibility index (Phi) is 6.10. The largest absolute Gasteiger partial charge is 0.490 e. The van der Waals surface area contributed by atoms with E-state index in [1.165, 1.54) is 18.2 Å². The Bertz CT molecular complexity index is 1390. The van der Waals surface area contributed by atoms with E-state index in [0.717, 1.165) is 9.87 Å². The van der Waals surface area contributed by atoms with Crippen LogP contribution in [0.5, 0.6) is 5.75 Å². The molecule has 33 heavy (non-hydrogen) atoms. The molecule has 0 saturated carbocycles. The van der Waals surface area contributed by atoms with Crippen molar-refractivity contribution in [2.75, 3.05) is 13.2 Å². The van der Waals surface area contributed by atoms with Crippen LogP contribution in [0.2, 0.25) is 5.02 Å². The topological polar surface area (TPSA) is 106 Å². The summed E-state index contributed by atoms with van der Waals surface area (Å²) in [6.07, 6.45) is 0. The normalized spacial score (nSPS) is 17.6. The van der Waals surface area contributed by atoms with Gasteiger partial charge in [0.05, 0.1) is 0 Å². The molecule has 1 N–H and O–H groups in total. The van der Waals surface area contributed by atoms with Crippen molar-refractivity contribution >= 4 is 21.6 Å². The molecule has 2 heterocycles. The molecule has 176 valence electrons. The van der Waals surface area contributed by atoms with Crippen molar-refractivity contribution in [3.63, 3.8) is 0 Å². The molecule has 0 radical (unpaired) electrons. The van der Waals surface area contributed by atoms with Crippen molar-refractivity contribution in [2.24, 2.45) is 0 Å². The number of H-pyrrole nitrogens is 1. The summed E-state index contributed by atoms with van der Waals surface area (Å²) in [5.41, 5.74) is 2.34. The first kappa shape index (κ1) is 23.5. The molecule has 3 aromatic rings. The number of fused-ring (bicyclic) bond motifs is 1. The zero-order chi connectivity index (χ0) is 24.1. The van der Waals surface area contributed by atoms with Crippen molar-refractivity contribution in [3.8, 4) is 5.75 Å². The van der Waals surface area contributed by atoms with Gasteiger partial charge in [0, 0.05) is 23.0 Å².